The van der Waals surface area contributed by atoms with Crippen molar-refractivity contribution in [2.24, 2.45) is 16.7 Å². The molecule has 0 bridgehead atoms. The van der Waals surface area contributed by atoms with Gasteiger partial charge in [-0.25, -0.2) is 4.79 Å². The Morgan fingerprint density at radius 1 is 1.24 bits per heavy atom. The van der Waals surface area contributed by atoms with Gasteiger partial charge in [0.2, 0.25) is 0 Å². The maximum Gasteiger partial charge on any atom is 0.321 e. The molecule has 1 N–H and O–H groups in total. The Labute approximate surface area is 125 Å². The van der Waals surface area contributed by atoms with Crippen LogP contribution in [0.3, 0.4) is 0 Å². The zero-order chi connectivity index (χ0) is 15.6. The lowest BCUT2D eigenvalue weighted by Crippen LogP contribution is -2.35. The van der Waals surface area contributed by atoms with E-state index in [-0.39, 0.29) is 28.6 Å². The zero-order valence-corrected chi connectivity index (χ0v) is 13.3. The molecule has 3 rings (SSSR count). The van der Waals surface area contributed by atoms with Crippen LogP contribution in [0.15, 0.2) is 18.2 Å². The summed E-state index contributed by atoms with van der Waals surface area (Å²) >= 11 is 0. The van der Waals surface area contributed by atoms with Crippen LogP contribution in [0, 0.1) is 16.7 Å². The Morgan fingerprint density at radius 2 is 1.86 bits per heavy atom. The van der Waals surface area contributed by atoms with Crippen molar-refractivity contribution in [3.63, 3.8) is 0 Å². The van der Waals surface area contributed by atoms with Crippen molar-refractivity contribution < 1.29 is 9.59 Å². The topological polar surface area (TPSA) is 49.4 Å². The second kappa shape index (κ2) is 4.09. The third-order valence-corrected chi connectivity index (χ3v) is 5.67. The maximum atomic E-state index is 12.8. The van der Waals surface area contributed by atoms with E-state index in [0.717, 1.165) is 16.8 Å². The highest BCUT2D eigenvalue weighted by Gasteiger charge is 2.67. The number of carbonyl (C=O) groups is 2. The van der Waals surface area contributed by atoms with E-state index in [1.165, 1.54) is 0 Å². The molecule has 0 radical (unpaired) electrons. The van der Waals surface area contributed by atoms with Crippen LogP contribution in [-0.2, 0) is 6.54 Å². The predicted molar refractivity (Wildman–Crippen MR) is 82.3 cm³/mol. The number of nitrogens with one attached hydrogen (secondary N) is 1. The number of hydrogen-bond donors (Lipinski definition) is 1. The number of benzene rings is 1. The molecule has 1 aliphatic carbocycles. The van der Waals surface area contributed by atoms with Gasteiger partial charge in [0.1, 0.15) is 0 Å². The lowest BCUT2D eigenvalue weighted by molar-refractivity contribution is 0.0945. The Hall–Kier alpha value is -1.84. The fraction of sp³-hybridized carbons (Fsp3) is 0.529. The van der Waals surface area contributed by atoms with E-state index in [0.29, 0.717) is 6.54 Å². The third kappa shape index (κ3) is 1.88. The van der Waals surface area contributed by atoms with Crippen molar-refractivity contribution in [2.75, 3.05) is 12.4 Å². The van der Waals surface area contributed by atoms with Crippen LogP contribution in [0.2, 0.25) is 0 Å². The van der Waals surface area contributed by atoms with Crippen LogP contribution in [0.1, 0.15) is 43.6 Å². The molecule has 1 saturated carbocycles. The molecule has 2 aliphatic rings. The Kier molecular flexibility index (Phi) is 2.75. The fourth-order valence-corrected chi connectivity index (χ4v) is 3.56. The van der Waals surface area contributed by atoms with Crippen molar-refractivity contribution in [2.45, 2.75) is 34.2 Å². The van der Waals surface area contributed by atoms with Crippen LogP contribution >= 0.6 is 0 Å². The van der Waals surface area contributed by atoms with Gasteiger partial charge >= 0.3 is 6.03 Å². The van der Waals surface area contributed by atoms with E-state index in [2.05, 4.69) is 33.0 Å². The highest BCUT2D eigenvalue weighted by atomic mass is 16.2. The first-order chi connectivity index (χ1) is 9.66. The van der Waals surface area contributed by atoms with Gasteiger partial charge in [0, 0.05) is 30.8 Å². The molecule has 0 spiro atoms. The smallest absolute Gasteiger partial charge is 0.321 e. The quantitative estimate of drug-likeness (QED) is 0.845. The summed E-state index contributed by atoms with van der Waals surface area (Å²) < 4.78 is 0. The number of carbonyl (C=O) groups excluding carboxylic acids is 2. The van der Waals surface area contributed by atoms with Gasteiger partial charge in [-0.2, -0.15) is 0 Å². The Balaban J connectivity index is 1.91. The summed E-state index contributed by atoms with van der Waals surface area (Å²) in [7, 11) is 1.75. The maximum absolute atomic E-state index is 12.8. The minimum Gasteiger partial charge on any atom is -0.323 e. The molecule has 4 heteroatoms. The lowest BCUT2D eigenvalue weighted by atomic mass is 9.98. The molecular formula is C17H22N2O2. The number of rotatable bonds is 2. The third-order valence-electron chi connectivity index (χ3n) is 5.67. The molecule has 0 aromatic heterocycles. The van der Waals surface area contributed by atoms with Gasteiger partial charge in [0.25, 0.3) is 0 Å². The zero-order valence-electron chi connectivity index (χ0n) is 13.3. The van der Waals surface area contributed by atoms with Crippen LogP contribution in [0.5, 0.6) is 0 Å². The second-order valence-electron chi connectivity index (χ2n) is 7.40. The first-order valence-corrected chi connectivity index (χ1v) is 7.35. The summed E-state index contributed by atoms with van der Waals surface area (Å²) in [6.07, 6.45) is 0. The van der Waals surface area contributed by atoms with Gasteiger partial charge in [0.15, 0.2) is 5.78 Å². The first kappa shape index (κ1) is 14.1. The molecule has 112 valence electrons. The van der Waals surface area contributed by atoms with Crippen molar-refractivity contribution >= 4 is 17.5 Å². The van der Waals surface area contributed by atoms with E-state index >= 15 is 0 Å². The minimum absolute atomic E-state index is 0.0466. The summed E-state index contributed by atoms with van der Waals surface area (Å²) in [5, 5.41) is 2.83. The summed E-state index contributed by atoms with van der Waals surface area (Å²) in [5.41, 5.74) is 2.65. The standard InChI is InChI=1S/C17H22N2O2/c1-16(2)14(17(16,3)4)13(20)10-6-7-12-11(8-10)9-19(5)15(21)18-12/h6-8,14H,9H2,1-5H3,(H,18,21). The molecule has 1 fully saturated rings. The summed E-state index contributed by atoms with van der Waals surface area (Å²) in [4.78, 5) is 26.0. The molecule has 1 aliphatic heterocycles. The van der Waals surface area contributed by atoms with Crippen molar-refractivity contribution in [3.05, 3.63) is 29.3 Å². The van der Waals surface area contributed by atoms with Gasteiger partial charge in [-0.15, -0.1) is 0 Å². The summed E-state index contributed by atoms with van der Waals surface area (Å²) in [6, 6.07) is 5.50. The monoisotopic (exact) mass is 286 g/mol. The Morgan fingerprint density at radius 3 is 2.43 bits per heavy atom. The number of amides is 2. The summed E-state index contributed by atoms with van der Waals surface area (Å²) in [6.45, 7) is 9.16. The number of hydrogen-bond acceptors (Lipinski definition) is 2. The molecule has 1 aromatic rings. The highest BCUT2D eigenvalue weighted by Crippen LogP contribution is 2.69. The minimum atomic E-state index is -0.106. The average Bonchev–Trinajstić information content (AvgIpc) is 2.80. The van der Waals surface area contributed by atoms with E-state index in [4.69, 9.17) is 0 Å². The molecular weight excluding hydrogens is 264 g/mol. The SMILES string of the molecule is CN1Cc2cc(C(=O)C3C(C)(C)C3(C)C)ccc2NC1=O. The first-order valence-electron chi connectivity index (χ1n) is 7.35. The van der Waals surface area contributed by atoms with Crippen molar-refractivity contribution in [3.8, 4) is 0 Å². The van der Waals surface area contributed by atoms with Crippen LogP contribution in [0.25, 0.3) is 0 Å². The fourth-order valence-electron chi connectivity index (χ4n) is 3.56. The Bertz CT molecular complexity index is 632. The molecule has 0 atom stereocenters. The predicted octanol–water partition coefficient (Wildman–Crippen LogP) is 3.53. The molecule has 0 saturated heterocycles. The summed E-state index contributed by atoms with van der Waals surface area (Å²) in [5.74, 6) is 0.284. The van der Waals surface area contributed by atoms with E-state index in [1.54, 1.807) is 11.9 Å². The molecule has 21 heavy (non-hydrogen) atoms. The molecule has 2 amide bonds. The number of urea groups is 1. The van der Waals surface area contributed by atoms with E-state index in [9.17, 15) is 9.59 Å². The van der Waals surface area contributed by atoms with Gasteiger partial charge in [-0.3, -0.25) is 4.79 Å². The molecule has 0 unspecified atom stereocenters. The van der Waals surface area contributed by atoms with Gasteiger partial charge in [0.05, 0.1) is 0 Å². The van der Waals surface area contributed by atoms with Crippen LogP contribution in [0.4, 0.5) is 10.5 Å². The largest absolute Gasteiger partial charge is 0.323 e. The normalized spacial score (nSPS) is 22.5. The van der Waals surface area contributed by atoms with E-state index < -0.39 is 0 Å². The molecule has 1 heterocycles. The number of Topliss-reactive ketones (excluding diaryl/α,β-unsaturated/α-hetero) is 1. The number of nitrogens with zero attached hydrogens (tertiary/aromatic N) is 1. The van der Waals surface area contributed by atoms with Crippen molar-refractivity contribution in [1.29, 1.82) is 0 Å². The van der Waals surface area contributed by atoms with E-state index in [1.807, 2.05) is 18.2 Å². The molecule has 4 nitrogen and oxygen atoms in total. The van der Waals surface area contributed by atoms with Gasteiger partial charge in [-0.1, -0.05) is 27.7 Å². The van der Waals surface area contributed by atoms with Crippen molar-refractivity contribution in [1.82, 2.24) is 4.90 Å². The number of ketones is 1. The van der Waals surface area contributed by atoms with Gasteiger partial charge in [-0.05, 0) is 34.6 Å². The average molecular weight is 286 g/mol. The van der Waals surface area contributed by atoms with Crippen LogP contribution < -0.4 is 5.32 Å². The number of fused-ring (bicyclic) bond motifs is 1. The number of anilines is 1. The van der Waals surface area contributed by atoms with Crippen LogP contribution in [-0.4, -0.2) is 23.8 Å². The highest BCUT2D eigenvalue weighted by molar-refractivity contribution is 6.02. The van der Waals surface area contributed by atoms with Gasteiger partial charge < -0.3 is 10.2 Å². The second-order valence-corrected chi connectivity index (χ2v) is 7.40. The molecule has 1 aromatic carbocycles. The lowest BCUT2D eigenvalue weighted by Gasteiger charge is -2.26.